The summed E-state index contributed by atoms with van der Waals surface area (Å²) in [6.45, 7) is 1.60. The maximum atomic E-state index is 12.3. The third-order valence-corrected chi connectivity index (χ3v) is 1.35. The van der Waals surface area contributed by atoms with Gasteiger partial charge in [0.15, 0.2) is 0 Å². The number of halogens is 2. The molecule has 0 saturated carbocycles. The van der Waals surface area contributed by atoms with Crippen molar-refractivity contribution in [2.45, 2.75) is 13.3 Å². The van der Waals surface area contributed by atoms with E-state index in [0.29, 0.717) is 5.56 Å². The summed E-state index contributed by atoms with van der Waals surface area (Å²) in [6, 6.07) is 1.28. The molecular weight excluding hydrogens is 160 g/mol. The van der Waals surface area contributed by atoms with E-state index in [4.69, 9.17) is 0 Å². The Hall–Kier alpha value is -1.43. The lowest BCUT2D eigenvalue weighted by molar-refractivity contribution is 0.151. The summed E-state index contributed by atoms with van der Waals surface area (Å²) >= 11 is 0. The van der Waals surface area contributed by atoms with Crippen LogP contribution < -0.4 is 0 Å². The molecule has 0 amide bonds. The standard InChI is InChI=1S/C9H7F2N/c1-2-3-7-6-12-5-4-8(7)9(10)11/h4-6,9H,1H3. The lowest BCUT2D eigenvalue weighted by atomic mass is 10.1. The van der Waals surface area contributed by atoms with Crippen molar-refractivity contribution in [3.8, 4) is 11.8 Å². The van der Waals surface area contributed by atoms with Crippen molar-refractivity contribution in [2.75, 3.05) is 0 Å². The summed E-state index contributed by atoms with van der Waals surface area (Å²) in [6.07, 6.45) is 0.198. The maximum absolute atomic E-state index is 12.3. The average Bonchev–Trinajstić information content (AvgIpc) is 2.05. The summed E-state index contributed by atoms with van der Waals surface area (Å²) in [7, 11) is 0. The van der Waals surface area contributed by atoms with Crippen LogP contribution in [0, 0.1) is 11.8 Å². The second-order valence-electron chi connectivity index (χ2n) is 2.14. The van der Waals surface area contributed by atoms with Gasteiger partial charge in [0.05, 0.1) is 5.56 Å². The van der Waals surface area contributed by atoms with Gasteiger partial charge in [-0.1, -0.05) is 5.92 Å². The first-order valence-electron chi connectivity index (χ1n) is 3.40. The number of nitrogens with zero attached hydrogens (tertiary/aromatic N) is 1. The van der Waals surface area contributed by atoms with Crippen molar-refractivity contribution in [3.05, 3.63) is 29.6 Å². The lowest BCUT2D eigenvalue weighted by Gasteiger charge is -2.00. The van der Waals surface area contributed by atoms with Crippen molar-refractivity contribution < 1.29 is 8.78 Å². The van der Waals surface area contributed by atoms with E-state index in [1.165, 1.54) is 18.5 Å². The van der Waals surface area contributed by atoms with Gasteiger partial charge in [0.25, 0.3) is 6.43 Å². The van der Waals surface area contributed by atoms with Crippen molar-refractivity contribution in [1.29, 1.82) is 0 Å². The molecule has 3 heteroatoms. The van der Waals surface area contributed by atoms with Crippen LogP contribution in [0.15, 0.2) is 18.5 Å². The molecule has 1 nitrogen and oxygen atoms in total. The van der Waals surface area contributed by atoms with Gasteiger partial charge in [0.2, 0.25) is 0 Å². The molecule has 0 N–H and O–H groups in total. The van der Waals surface area contributed by atoms with Crippen LogP contribution in [-0.2, 0) is 0 Å². The van der Waals surface area contributed by atoms with Crippen molar-refractivity contribution in [2.24, 2.45) is 0 Å². The van der Waals surface area contributed by atoms with Gasteiger partial charge in [-0.05, 0) is 13.0 Å². The van der Waals surface area contributed by atoms with Crippen LogP contribution in [0.3, 0.4) is 0 Å². The molecule has 0 aliphatic carbocycles. The first kappa shape index (κ1) is 8.66. The summed E-state index contributed by atoms with van der Waals surface area (Å²) in [5.41, 5.74) is 0.245. The molecule has 0 radical (unpaired) electrons. The van der Waals surface area contributed by atoms with Crippen LogP contribution in [0.25, 0.3) is 0 Å². The third kappa shape index (κ3) is 1.79. The van der Waals surface area contributed by atoms with Gasteiger partial charge in [0, 0.05) is 18.0 Å². The predicted octanol–water partition coefficient (Wildman–Crippen LogP) is 2.39. The SMILES string of the molecule is CC#Cc1cnccc1C(F)F. The predicted molar refractivity (Wildman–Crippen MR) is 41.7 cm³/mol. The van der Waals surface area contributed by atoms with Gasteiger partial charge >= 0.3 is 0 Å². The Morgan fingerprint density at radius 3 is 2.83 bits per heavy atom. The fraction of sp³-hybridized carbons (Fsp3) is 0.222. The van der Waals surface area contributed by atoms with E-state index in [1.54, 1.807) is 6.92 Å². The fourth-order valence-corrected chi connectivity index (χ4v) is 0.835. The van der Waals surface area contributed by atoms with Gasteiger partial charge < -0.3 is 0 Å². The van der Waals surface area contributed by atoms with Crippen LogP contribution in [0.1, 0.15) is 24.5 Å². The van der Waals surface area contributed by atoms with Crippen molar-refractivity contribution in [1.82, 2.24) is 4.98 Å². The molecule has 12 heavy (non-hydrogen) atoms. The van der Waals surface area contributed by atoms with Crippen LogP contribution in [0.2, 0.25) is 0 Å². The average molecular weight is 167 g/mol. The molecule has 1 aromatic heterocycles. The molecule has 0 aliphatic rings. The van der Waals surface area contributed by atoms with E-state index in [-0.39, 0.29) is 5.56 Å². The number of hydrogen-bond donors (Lipinski definition) is 0. The first-order valence-corrected chi connectivity index (χ1v) is 3.40. The number of hydrogen-bond acceptors (Lipinski definition) is 1. The summed E-state index contributed by atoms with van der Waals surface area (Å²) in [4.78, 5) is 3.71. The summed E-state index contributed by atoms with van der Waals surface area (Å²) < 4.78 is 24.5. The highest BCUT2D eigenvalue weighted by molar-refractivity contribution is 5.39. The quantitative estimate of drug-likeness (QED) is 0.585. The van der Waals surface area contributed by atoms with E-state index in [9.17, 15) is 8.78 Å². The number of alkyl halides is 2. The summed E-state index contributed by atoms with van der Waals surface area (Å²) in [5.74, 6) is 5.12. The molecule has 62 valence electrons. The van der Waals surface area contributed by atoms with Crippen molar-refractivity contribution in [3.63, 3.8) is 0 Å². The number of aromatic nitrogens is 1. The Kier molecular flexibility index (Phi) is 2.76. The Morgan fingerprint density at radius 1 is 1.50 bits per heavy atom. The van der Waals surface area contributed by atoms with Gasteiger partial charge in [-0.3, -0.25) is 4.98 Å². The zero-order valence-corrected chi connectivity index (χ0v) is 6.51. The minimum atomic E-state index is -2.48. The first-order chi connectivity index (χ1) is 5.75. The molecule has 0 atom stereocenters. The molecule has 0 spiro atoms. The second-order valence-corrected chi connectivity index (χ2v) is 2.14. The number of pyridine rings is 1. The molecule has 0 fully saturated rings. The summed E-state index contributed by atoms with van der Waals surface area (Å²) in [5, 5.41) is 0. The second kappa shape index (κ2) is 3.82. The monoisotopic (exact) mass is 167 g/mol. The highest BCUT2D eigenvalue weighted by Gasteiger charge is 2.10. The Morgan fingerprint density at radius 2 is 2.25 bits per heavy atom. The molecule has 0 unspecified atom stereocenters. The van der Waals surface area contributed by atoms with E-state index in [1.807, 2.05) is 0 Å². The fourth-order valence-electron chi connectivity index (χ4n) is 0.835. The lowest BCUT2D eigenvalue weighted by Crippen LogP contribution is -1.90. The highest BCUT2D eigenvalue weighted by Crippen LogP contribution is 2.20. The van der Waals surface area contributed by atoms with Crippen LogP contribution in [0.5, 0.6) is 0 Å². The molecule has 1 heterocycles. The molecular formula is C9H7F2N. The third-order valence-electron chi connectivity index (χ3n) is 1.35. The minimum absolute atomic E-state index is 0.0562. The zero-order chi connectivity index (χ0) is 8.97. The van der Waals surface area contributed by atoms with E-state index >= 15 is 0 Å². The van der Waals surface area contributed by atoms with E-state index < -0.39 is 6.43 Å². The smallest absolute Gasteiger partial charge is 0.263 e. The van der Waals surface area contributed by atoms with Gasteiger partial charge in [0.1, 0.15) is 0 Å². The van der Waals surface area contributed by atoms with Crippen LogP contribution in [-0.4, -0.2) is 4.98 Å². The minimum Gasteiger partial charge on any atom is -0.263 e. The molecule has 0 saturated heterocycles. The molecule has 0 aliphatic heterocycles. The molecule has 0 bridgehead atoms. The van der Waals surface area contributed by atoms with Crippen LogP contribution in [0.4, 0.5) is 8.78 Å². The normalized spacial score (nSPS) is 9.33. The Balaban J connectivity index is 3.14. The molecule has 0 aromatic carbocycles. The Labute approximate surface area is 69.4 Å². The Bertz CT molecular complexity index is 323. The zero-order valence-electron chi connectivity index (χ0n) is 6.51. The van der Waals surface area contributed by atoms with Crippen LogP contribution >= 0.6 is 0 Å². The molecule has 1 aromatic rings. The van der Waals surface area contributed by atoms with E-state index in [2.05, 4.69) is 16.8 Å². The maximum Gasteiger partial charge on any atom is 0.265 e. The topological polar surface area (TPSA) is 12.9 Å². The van der Waals surface area contributed by atoms with Crippen molar-refractivity contribution >= 4 is 0 Å². The largest absolute Gasteiger partial charge is 0.265 e. The van der Waals surface area contributed by atoms with Gasteiger partial charge in [-0.15, -0.1) is 5.92 Å². The van der Waals surface area contributed by atoms with Gasteiger partial charge in [-0.2, -0.15) is 0 Å². The van der Waals surface area contributed by atoms with E-state index in [0.717, 1.165) is 0 Å². The highest BCUT2D eigenvalue weighted by atomic mass is 19.3. The molecule has 1 rings (SSSR count). The van der Waals surface area contributed by atoms with Gasteiger partial charge in [-0.25, -0.2) is 8.78 Å². The number of rotatable bonds is 1.